The van der Waals surface area contributed by atoms with Crippen molar-refractivity contribution in [2.45, 2.75) is 6.30 Å². The average Bonchev–Trinajstić information content (AvgIpc) is 1.79. The molecular weight excluding hydrogens is 185 g/mol. The Hall–Kier alpha value is -1.05. The molecule has 0 bridgehead atoms. The van der Waals surface area contributed by atoms with Crippen LogP contribution < -0.4 is 10.8 Å². The van der Waals surface area contributed by atoms with E-state index in [1.165, 1.54) is 5.48 Å². The molecule has 0 aliphatic rings. The van der Waals surface area contributed by atoms with E-state index in [4.69, 9.17) is 0 Å². The zero-order chi connectivity index (χ0) is 8.91. The van der Waals surface area contributed by atoms with Gasteiger partial charge in [0.15, 0.2) is 0 Å². The van der Waals surface area contributed by atoms with E-state index in [0.29, 0.717) is 0 Å². The Morgan fingerprint density at radius 2 is 2.09 bits per heavy atom. The lowest BCUT2D eigenvalue weighted by molar-refractivity contribution is -0.145. The molecule has 0 aliphatic carbocycles. The third-order valence-corrected chi connectivity index (χ3v) is 0.640. The van der Waals surface area contributed by atoms with Crippen LogP contribution in [0, 0.1) is 0 Å². The van der Waals surface area contributed by atoms with E-state index in [1.807, 2.05) is 0 Å². The van der Waals surface area contributed by atoms with Gasteiger partial charge in [0, 0.05) is 0 Å². The maximum absolute atomic E-state index is 11.4. The summed E-state index contributed by atoms with van der Waals surface area (Å²) in [7, 11) is 0. The maximum Gasteiger partial charge on any atom is 0.484 e. The largest absolute Gasteiger partial charge is 0.484 e. The van der Waals surface area contributed by atoms with E-state index in [2.05, 4.69) is 17.1 Å². The summed E-state index contributed by atoms with van der Waals surface area (Å²) in [6, 6.07) is 0. The second kappa shape index (κ2) is 3.96. The topological polar surface area (TPSA) is 50.4 Å². The summed E-state index contributed by atoms with van der Waals surface area (Å²) in [6.07, 6.45) is -4.63. The molecule has 0 saturated carbocycles. The average molecular weight is 188 g/mol. The summed E-state index contributed by atoms with van der Waals surface area (Å²) < 4.78 is 34.1. The molecule has 0 aromatic heterocycles. The maximum atomic E-state index is 11.4. The van der Waals surface area contributed by atoms with Crippen LogP contribution in [0.15, 0.2) is 0 Å². The Morgan fingerprint density at radius 3 is 2.45 bits per heavy atom. The van der Waals surface area contributed by atoms with Crippen LogP contribution >= 0.6 is 12.2 Å². The highest BCUT2D eigenvalue weighted by molar-refractivity contribution is 7.80. The minimum absolute atomic E-state index is 0.0929. The van der Waals surface area contributed by atoms with Crippen LogP contribution in [0.25, 0.3) is 0 Å². The van der Waals surface area contributed by atoms with Gasteiger partial charge in [0.05, 0.1) is 0 Å². The second-order valence-electron chi connectivity index (χ2n) is 1.27. The molecule has 0 fully saturated rings. The number of hydrogen-bond acceptors (Lipinski definition) is 3. The minimum Gasteiger partial charge on any atom is -0.345 e. The van der Waals surface area contributed by atoms with Crippen LogP contribution in [0.2, 0.25) is 0 Å². The number of alkyl halides is 3. The number of hydrogen-bond donors (Lipinski definition) is 2. The summed E-state index contributed by atoms with van der Waals surface area (Å²) in [6.45, 7) is -0.0929. The number of hydroxylamine groups is 1. The van der Waals surface area contributed by atoms with Crippen LogP contribution in [-0.2, 0) is 9.63 Å². The van der Waals surface area contributed by atoms with Crippen molar-refractivity contribution in [3.63, 3.8) is 0 Å². The number of carbonyl (C=O) groups excluding carboxylic acids is 1. The fourth-order valence-electron chi connectivity index (χ4n) is 0.232. The SMILES string of the molecule is O=CONC(=S)NC(F)(F)F. The van der Waals surface area contributed by atoms with Gasteiger partial charge in [-0.05, 0) is 12.2 Å². The highest BCUT2D eigenvalue weighted by atomic mass is 32.1. The smallest absolute Gasteiger partial charge is 0.345 e. The molecule has 64 valence electrons. The number of nitrogens with one attached hydrogen (secondary N) is 2. The van der Waals surface area contributed by atoms with Gasteiger partial charge < -0.3 is 4.84 Å². The first kappa shape index (κ1) is 9.95. The van der Waals surface area contributed by atoms with Crippen molar-refractivity contribution in [1.82, 2.24) is 10.8 Å². The Kier molecular flexibility index (Phi) is 3.58. The quantitative estimate of drug-likeness (QED) is 0.278. The predicted octanol–water partition coefficient (Wildman–Crippen LogP) is 0.0583. The fraction of sp³-hybridized carbons (Fsp3) is 0.333. The molecule has 0 unspecified atom stereocenters. The lowest BCUT2D eigenvalue weighted by atomic mass is 11.0. The van der Waals surface area contributed by atoms with Crippen LogP contribution in [0.1, 0.15) is 0 Å². The molecule has 0 aromatic carbocycles. The van der Waals surface area contributed by atoms with Crippen molar-refractivity contribution >= 4 is 23.8 Å². The van der Waals surface area contributed by atoms with Crippen LogP contribution in [0.5, 0.6) is 0 Å². The molecule has 2 N–H and O–H groups in total. The van der Waals surface area contributed by atoms with E-state index in [1.54, 1.807) is 0 Å². The lowest BCUT2D eigenvalue weighted by Crippen LogP contribution is -2.43. The summed E-state index contributed by atoms with van der Waals surface area (Å²) >= 11 is 4.04. The van der Waals surface area contributed by atoms with Gasteiger partial charge >= 0.3 is 12.8 Å². The first-order valence-electron chi connectivity index (χ1n) is 2.20. The van der Waals surface area contributed by atoms with Gasteiger partial charge in [0.2, 0.25) is 5.11 Å². The monoisotopic (exact) mass is 188 g/mol. The van der Waals surface area contributed by atoms with Gasteiger partial charge in [-0.3, -0.25) is 10.1 Å². The Morgan fingerprint density at radius 1 is 1.55 bits per heavy atom. The van der Waals surface area contributed by atoms with Crippen molar-refractivity contribution in [3.05, 3.63) is 0 Å². The zero-order valence-electron chi connectivity index (χ0n) is 4.94. The standard InChI is InChI=1S/C3H3F3N2O2S/c4-3(5,6)7-2(11)8-10-1-9/h1H,(H2,7,8,11). The van der Waals surface area contributed by atoms with Gasteiger partial charge in [-0.2, -0.15) is 18.7 Å². The fourth-order valence-corrected chi connectivity index (χ4v) is 0.396. The van der Waals surface area contributed by atoms with E-state index in [0.717, 1.165) is 5.32 Å². The number of carbonyl (C=O) groups is 1. The Balaban J connectivity index is 3.61. The number of thiocarbonyl (C=S) groups is 1. The number of rotatable bonds is 2. The molecule has 0 atom stereocenters. The molecule has 0 amide bonds. The first-order valence-corrected chi connectivity index (χ1v) is 2.60. The van der Waals surface area contributed by atoms with Gasteiger partial charge in [-0.15, -0.1) is 0 Å². The molecule has 0 aromatic rings. The molecule has 0 spiro atoms. The Bertz CT molecular complexity index is 159. The van der Waals surface area contributed by atoms with E-state index < -0.39 is 11.4 Å². The molecule has 0 radical (unpaired) electrons. The molecule has 0 rings (SSSR count). The van der Waals surface area contributed by atoms with Crippen molar-refractivity contribution < 1.29 is 22.8 Å². The summed E-state index contributed by atoms with van der Waals surface area (Å²) in [4.78, 5) is 13.1. The minimum atomic E-state index is -4.63. The highest BCUT2D eigenvalue weighted by Crippen LogP contribution is 2.08. The molecule has 0 saturated heterocycles. The molecular formula is C3H3F3N2O2S. The van der Waals surface area contributed by atoms with Gasteiger partial charge in [-0.25, -0.2) is 0 Å². The predicted molar refractivity (Wildman–Crippen MR) is 32.1 cm³/mol. The second-order valence-corrected chi connectivity index (χ2v) is 1.68. The first-order chi connectivity index (χ1) is 4.95. The summed E-state index contributed by atoms with van der Waals surface area (Å²) in [5.74, 6) is 0. The highest BCUT2D eigenvalue weighted by Gasteiger charge is 2.28. The van der Waals surface area contributed by atoms with E-state index in [-0.39, 0.29) is 6.47 Å². The van der Waals surface area contributed by atoms with Gasteiger partial charge in [0.25, 0.3) is 0 Å². The normalized spacial score (nSPS) is 10.1. The van der Waals surface area contributed by atoms with Gasteiger partial charge in [-0.1, -0.05) is 0 Å². The summed E-state index contributed by atoms with van der Waals surface area (Å²) in [5, 5.41) is 0.0613. The zero-order valence-corrected chi connectivity index (χ0v) is 5.75. The molecule has 8 heteroatoms. The van der Waals surface area contributed by atoms with Gasteiger partial charge in [0.1, 0.15) is 0 Å². The summed E-state index contributed by atoms with van der Waals surface area (Å²) in [5.41, 5.74) is 1.52. The lowest BCUT2D eigenvalue weighted by Gasteiger charge is -2.09. The molecule has 4 nitrogen and oxygen atoms in total. The third kappa shape index (κ3) is 6.84. The van der Waals surface area contributed by atoms with Crippen molar-refractivity contribution in [3.8, 4) is 0 Å². The van der Waals surface area contributed by atoms with Crippen molar-refractivity contribution in [1.29, 1.82) is 0 Å². The number of halogens is 3. The van der Waals surface area contributed by atoms with Crippen molar-refractivity contribution in [2.75, 3.05) is 0 Å². The van der Waals surface area contributed by atoms with Crippen LogP contribution in [0.4, 0.5) is 13.2 Å². The molecule has 0 aliphatic heterocycles. The van der Waals surface area contributed by atoms with Crippen molar-refractivity contribution in [2.24, 2.45) is 0 Å². The van der Waals surface area contributed by atoms with E-state index in [9.17, 15) is 18.0 Å². The van der Waals surface area contributed by atoms with Crippen LogP contribution in [0.3, 0.4) is 0 Å². The Labute approximate surface area is 64.7 Å². The van der Waals surface area contributed by atoms with Crippen LogP contribution in [-0.4, -0.2) is 17.9 Å². The molecule has 11 heavy (non-hydrogen) atoms. The molecule has 0 heterocycles. The van der Waals surface area contributed by atoms with E-state index >= 15 is 0 Å². The third-order valence-electron chi connectivity index (χ3n) is 0.455.